The maximum absolute atomic E-state index is 12.5. The van der Waals surface area contributed by atoms with Gasteiger partial charge in [0.1, 0.15) is 0 Å². The molecule has 1 heterocycles. The molecule has 0 spiro atoms. The molecule has 1 saturated carbocycles. The summed E-state index contributed by atoms with van der Waals surface area (Å²) in [5.74, 6) is 0.703. The van der Waals surface area contributed by atoms with E-state index in [9.17, 15) is 4.79 Å². The third-order valence-electron chi connectivity index (χ3n) is 4.67. The van der Waals surface area contributed by atoms with Crippen LogP contribution in [-0.4, -0.2) is 23.0 Å². The van der Waals surface area contributed by atoms with E-state index in [1.54, 1.807) is 12.1 Å². The standard InChI is InChI=1S/C16H21ClN2O/c1-11-10-12-4-2-3-5-15(12)19(11)16(20)18-14-8-6-13(17)7-9-14/h6-9,11-12,15H,2-5,10H2,1H3,(H,18,20)/t11-,12-,15+/m1/s1. The van der Waals surface area contributed by atoms with Crippen molar-refractivity contribution in [1.29, 1.82) is 0 Å². The lowest BCUT2D eigenvalue weighted by Gasteiger charge is -2.33. The smallest absolute Gasteiger partial charge is 0.319 e. The number of hydrogen-bond acceptors (Lipinski definition) is 1. The Morgan fingerprint density at radius 1 is 1.25 bits per heavy atom. The molecule has 0 aromatic heterocycles. The second-order valence-corrected chi connectivity index (χ2v) is 6.48. The van der Waals surface area contributed by atoms with Gasteiger partial charge in [-0.1, -0.05) is 24.4 Å². The average molecular weight is 293 g/mol. The first-order valence-electron chi connectivity index (χ1n) is 7.50. The van der Waals surface area contributed by atoms with Gasteiger partial charge in [-0.25, -0.2) is 4.79 Å². The number of anilines is 1. The van der Waals surface area contributed by atoms with Crippen LogP contribution in [0.3, 0.4) is 0 Å². The molecule has 1 aromatic carbocycles. The SMILES string of the molecule is C[C@@H]1C[C@H]2CCCC[C@@H]2N1C(=O)Nc1ccc(Cl)cc1. The van der Waals surface area contributed by atoms with Gasteiger partial charge in [-0.05, 0) is 56.4 Å². The van der Waals surface area contributed by atoms with Crippen LogP contribution in [0.1, 0.15) is 39.0 Å². The zero-order chi connectivity index (χ0) is 14.1. The minimum atomic E-state index is 0.0363. The molecule has 1 aliphatic heterocycles. The van der Waals surface area contributed by atoms with Crippen molar-refractivity contribution in [3.8, 4) is 0 Å². The van der Waals surface area contributed by atoms with Crippen LogP contribution >= 0.6 is 11.6 Å². The number of nitrogens with zero attached hydrogens (tertiary/aromatic N) is 1. The van der Waals surface area contributed by atoms with E-state index in [2.05, 4.69) is 17.1 Å². The Morgan fingerprint density at radius 2 is 1.95 bits per heavy atom. The third-order valence-corrected chi connectivity index (χ3v) is 4.93. The van der Waals surface area contributed by atoms with Crippen molar-refractivity contribution >= 4 is 23.3 Å². The Kier molecular flexibility index (Phi) is 3.88. The van der Waals surface area contributed by atoms with Crippen molar-refractivity contribution < 1.29 is 4.79 Å². The molecule has 4 heteroatoms. The lowest BCUT2D eigenvalue weighted by atomic mass is 9.85. The van der Waals surface area contributed by atoms with Gasteiger partial charge in [0.2, 0.25) is 0 Å². The van der Waals surface area contributed by atoms with E-state index in [1.807, 2.05) is 12.1 Å². The van der Waals surface area contributed by atoms with E-state index in [1.165, 1.54) is 19.3 Å². The predicted octanol–water partition coefficient (Wildman–Crippen LogP) is 4.52. The van der Waals surface area contributed by atoms with Gasteiger partial charge in [0, 0.05) is 22.8 Å². The molecule has 2 fully saturated rings. The van der Waals surface area contributed by atoms with Crippen LogP contribution in [-0.2, 0) is 0 Å². The second kappa shape index (κ2) is 5.65. The molecule has 0 unspecified atom stereocenters. The molecule has 1 aromatic rings. The van der Waals surface area contributed by atoms with Gasteiger partial charge < -0.3 is 10.2 Å². The van der Waals surface area contributed by atoms with E-state index in [0.29, 0.717) is 23.0 Å². The van der Waals surface area contributed by atoms with Crippen LogP contribution in [0.15, 0.2) is 24.3 Å². The number of rotatable bonds is 1. The number of urea groups is 1. The summed E-state index contributed by atoms with van der Waals surface area (Å²) in [5.41, 5.74) is 0.811. The molecule has 3 nitrogen and oxygen atoms in total. The normalized spacial score (nSPS) is 29.1. The topological polar surface area (TPSA) is 32.3 Å². The van der Waals surface area contributed by atoms with Crippen molar-refractivity contribution in [2.75, 3.05) is 5.32 Å². The molecule has 2 amide bonds. The Hall–Kier alpha value is -1.22. The fourth-order valence-electron chi connectivity index (χ4n) is 3.78. The van der Waals surface area contributed by atoms with Gasteiger partial charge in [0.15, 0.2) is 0 Å². The van der Waals surface area contributed by atoms with Gasteiger partial charge >= 0.3 is 6.03 Å². The molecule has 108 valence electrons. The van der Waals surface area contributed by atoms with E-state index >= 15 is 0 Å². The second-order valence-electron chi connectivity index (χ2n) is 6.04. The zero-order valence-electron chi connectivity index (χ0n) is 11.8. The first kappa shape index (κ1) is 13.7. The molecule has 0 bridgehead atoms. The van der Waals surface area contributed by atoms with E-state index in [0.717, 1.165) is 18.5 Å². The summed E-state index contributed by atoms with van der Waals surface area (Å²) in [5, 5.41) is 3.69. The van der Waals surface area contributed by atoms with Gasteiger partial charge in [0.05, 0.1) is 0 Å². The highest BCUT2D eigenvalue weighted by molar-refractivity contribution is 6.30. The highest BCUT2D eigenvalue weighted by Gasteiger charge is 2.42. The number of carbonyl (C=O) groups is 1. The number of nitrogens with one attached hydrogen (secondary N) is 1. The summed E-state index contributed by atoms with van der Waals surface area (Å²) >= 11 is 5.87. The largest absolute Gasteiger partial charge is 0.322 e. The number of benzene rings is 1. The van der Waals surface area contributed by atoms with Crippen molar-refractivity contribution in [2.45, 2.75) is 51.1 Å². The summed E-state index contributed by atoms with van der Waals surface area (Å²) in [6.45, 7) is 2.17. The molecule has 0 radical (unpaired) electrons. The van der Waals surface area contributed by atoms with Gasteiger partial charge in [0.25, 0.3) is 0 Å². The lowest BCUT2D eigenvalue weighted by molar-refractivity contribution is 0.168. The highest BCUT2D eigenvalue weighted by atomic mass is 35.5. The zero-order valence-corrected chi connectivity index (χ0v) is 12.6. The number of carbonyl (C=O) groups excluding carboxylic acids is 1. The lowest BCUT2D eigenvalue weighted by Crippen LogP contribution is -2.44. The summed E-state index contributed by atoms with van der Waals surface area (Å²) in [4.78, 5) is 14.6. The molecule has 2 aliphatic rings. The van der Waals surface area contributed by atoms with Crippen molar-refractivity contribution in [3.05, 3.63) is 29.3 Å². The number of likely N-dealkylation sites (tertiary alicyclic amines) is 1. The number of halogens is 1. The van der Waals surface area contributed by atoms with Crippen molar-refractivity contribution in [1.82, 2.24) is 4.90 Å². The molecule has 1 N–H and O–H groups in total. The molecule has 3 atom stereocenters. The molecule has 20 heavy (non-hydrogen) atoms. The molecule has 3 rings (SSSR count). The van der Waals surface area contributed by atoms with Crippen LogP contribution in [0.5, 0.6) is 0 Å². The minimum absolute atomic E-state index is 0.0363. The van der Waals surface area contributed by atoms with Gasteiger partial charge in [-0.2, -0.15) is 0 Å². The number of fused-ring (bicyclic) bond motifs is 1. The first-order chi connectivity index (χ1) is 9.65. The molecule has 1 saturated heterocycles. The third kappa shape index (κ3) is 2.64. The van der Waals surface area contributed by atoms with Crippen LogP contribution in [0.2, 0.25) is 5.02 Å². The molecular weight excluding hydrogens is 272 g/mol. The monoisotopic (exact) mass is 292 g/mol. The summed E-state index contributed by atoms with van der Waals surface area (Å²) in [6.07, 6.45) is 6.15. The van der Waals surface area contributed by atoms with Crippen LogP contribution in [0.25, 0.3) is 0 Å². The highest BCUT2D eigenvalue weighted by Crippen LogP contribution is 2.39. The minimum Gasteiger partial charge on any atom is -0.319 e. The van der Waals surface area contributed by atoms with E-state index < -0.39 is 0 Å². The van der Waals surface area contributed by atoms with Gasteiger partial charge in [-0.3, -0.25) is 0 Å². The Bertz CT molecular complexity index is 488. The Balaban J connectivity index is 1.71. The fourth-order valence-corrected chi connectivity index (χ4v) is 3.91. The fraction of sp³-hybridized carbons (Fsp3) is 0.562. The van der Waals surface area contributed by atoms with Crippen LogP contribution < -0.4 is 5.32 Å². The van der Waals surface area contributed by atoms with E-state index in [4.69, 9.17) is 11.6 Å². The quantitative estimate of drug-likeness (QED) is 0.810. The van der Waals surface area contributed by atoms with Crippen molar-refractivity contribution in [3.63, 3.8) is 0 Å². The van der Waals surface area contributed by atoms with Gasteiger partial charge in [-0.15, -0.1) is 0 Å². The Morgan fingerprint density at radius 3 is 2.70 bits per heavy atom. The maximum Gasteiger partial charge on any atom is 0.322 e. The van der Waals surface area contributed by atoms with Crippen LogP contribution in [0.4, 0.5) is 10.5 Å². The maximum atomic E-state index is 12.5. The number of hydrogen-bond donors (Lipinski definition) is 1. The average Bonchev–Trinajstić information content (AvgIpc) is 2.77. The summed E-state index contributed by atoms with van der Waals surface area (Å²) < 4.78 is 0. The van der Waals surface area contributed by atoms with Crippen molar-refractivity contribution in [2.24, 2.45) is 5.92 Å². The molecule has 1 aliphatic carbocycles. The number of amides is 2. The predicted molar refractivity (Wildman–Crippen MR) is 82.1 cm³/mol. The van der Waals surface area contributed by atoms with E-state index in [-0.39, 0.29) is 6.03 Å². The summed E-state index contributed by atoms with van der Waals surface area (Å²) in [6, 6.07) is 8.11. The summed E-state index contributed by atoms with van der Waals surface area (Å²) in [7, 11) is 0. The van der Waals surface area contributed by atoms with Crippen LogP contribution in [0, 0.1) is 5.92 Å². The molecular formula is C16H21ClN2O. The Labute approximate surface area is 125 Å². The first-order valence-corrected chi connectivity index (χ1v) is 7.88.